The molecule has 0 amide bonds. The standard InChI is InChI=1S/C13H22N4O/c1-10(2)18-13-8-15-7-12(16-13)17-5-4-11(9-17)6-14-3/h7-8,10-11,14H,4-6,9H2,1-3H3. The molecule has 1 aliphatic heterocycles. The monoisotopic (exact) mass is 250 g/mol. The average Bonchev–Trinajstić information content (AvgIpc) is 2.78. The summed E-state index contributed by atoms with van der Waals surface area (Å²) in [5.41, 5.74) is 0. The van der Waals surface area contributed by atoms with Gasteiger partial charge < -0.3 is 15.0 Å². The van der Waals surface area contributed by atoms with E-state index in [1.165, 1.54) is 6.42 Å². The topological polar surface area (TPSA) is 50.3 Å². The van der Waals surface area contributed by atoms with Crippen LogP contribution >= 0.6 is 0 Å². The molecule has 1 atom stereocenters. The maximum absolute atomic E-state index is 5.58. The molecule has 0 aliphatic carbocycles. The van der Waals surface area contributed by atoms with Gasteiger partial charge in [0.05, 0.1) is 18.5 Å². The zero-order valence-corrected chi connectivity index (χ0v) is 11.4. The predicted molar refractivity (Wildman–Crippen MR) is 72.0 cm³/mol. The lowest BCUT2D eigenvalue weighted by Crippen LogP contribution is -2.25. The van der Waals surface area contributed by atoms with Crippen molar-refractivity contribution in [3.63, 3.8) is 0 Å². The van der Waals surface area contributed by atoms with Crippen molar-refractivity contribution >= 4 is 5.82 Å². The highest BCUT2D eigenvalue weighted by atomic mass is 16.5. The summed E-state index contributed by atoms with van der Waals surface area (Å²) in [4.78, 5) is 11.0. The van der Waals surface area contributed by atoms with E-state index in [1.807, 2.05) is 27.1 Å². The van der Waals surface area contributed by atoms with E-state index in [0.717, 1.165) is 25.5 Å². The first-order valence-electron chi connectivity index (χ1n) is 6.57. The number of rotatable bonds is 5. The number of nitrogens with zero attached hydrogens (tertiary/aromatic N) is 3. The Bertz CT molecular complexity index is 383. The minimum atomic E-state index is 0.130. The van der Waals surface area contributed by atoms with Crippen molar-refractivity contribution in [2.45, 2.75) is 26.4 Å². The van der Waals surface area contributed by atoms with Crippen molar-refractivity contribution < 1.29 is 4.74 Å². The summed E-state index contributed by atoms with van der Waals surface area (Å²) >= 11 is 0. The van der Waals surface area contributed by atoms with Crippen molar-refractivity contribution in [1.29, 1.82) is 0 Å². The van der Waals surface area contributed by atoms with Crippen LogP contribution in [0, 0.1) is 5.92 Å². The van der Waals surface area contributed by atoms with Gasteiger partial charge in [-0.2, -0.15) is 4.98 Å². The van der Waals surface area contributed by atoms with E-state index in [9.17, 15) is 0 Å². The minimum Gasteiger partial charge on any atom is -0.474 e. The van der Waals surface area contributed by atoms with E-state index in [4.69, 9.17) is 4.74 Å². The van der Waals surface area contributed by atoms with E-state index in [2.05, 4.69) is 20.2 Å². The zero-order valence-electron chi connectivity index (χ0n) is 11.4. The molecule has 0 bridgehead atoms. The molecule has 1 fully saturated rings. The first-order chi connectivity index (χ1) is 8.69. The molecule has 100 valence electrons. The fourth-order valence-corrected chi connectivity index (χ4v) is 2.28. The summed E-state index contributed by atoms with van der Waals surface area (Å²) in [6, 6.07) is 0. The number of hydrogen-bond acceptors (Lipinski definition) is 5. The highest BCUT2D eigenvalue weighted by Gasteiger charge is 2.23. The van der Waals surface area contributed by atoms with Gasteiger partial charge in [0.2, 0.25) is 5.88 Å². The molecule has 1 N–H and O–H groups in total. The fourth-order valence-electron chi connectivity index (χ4n) is 2.28. The zero-order chi connectivity index (χ0) is 13.0. The second-order valence-corrected chi connectivity index (χ2v) is 5.04. The van der Waals surface area contributed by atoms with Crippen LogP contribution in [0.25, 0.3) is 0 Å². The molecular formula is C13H22N4O. The third kappa shape index (κ3) is 3.32. The molecule has 1 unspecified atom stereocenters. The second kappa shape index (κ2) is 6.00. The summed E-state index contributed by atoms with van der Waals surface area (Å²) in [6.45, 7) is 7.14. The van der Waals surface area contributed by atoms with Crippen LogP contribution in [0.4, 0.5) is 5.82 Å². The quantitative estimate of drug-likeness (QED) is 0.854. The molecule has 1 aromatic rings. The molecule has 1 aromatic heterocycles. The van der Waals surface area contributed by atoms with Crippen LogP contribution in [0.1, 0.15) is 20.3 Å². The molecule has 5 nitrogen and oxygen atoms in total. The molecule has 2 rings (SSSR count). The maximum Gasteiger partial charge on any atom is 0.234 e. The Kier molecular flexibility index (Phi) is 4.36. The Balaban J connectivity index is 2.01. The van der Waals surface area contributed by atoms with Gasteiger partial charge in [-0.3, -0.25) is 4.98 Å². The highest BCUT2D eigenvalue weighted by Crippen LogP contribution is 2.22. The Labute approximate surface area is 109 Å². The summed E-state index contributed by atoms with van der Waals surface area (Å²) < 4.78 is 5.58. The van der Waals surface area contributed by atoms with Gasteiger partial charge in [0.25, 0.3) is 0 Å². The van der Waals surface area contributed by atoms with Crippen LogP contribution in [0.5, 0.6) is 5.88 Å². The number of anilines is 1. The average molecular weight is 250 g/mol. The molecule has 0 spiro atoms. The van der Waals surface area contributed by atoms with Gasteiger partial charge in [-0.05, 0) is 39.8 Å². The van der Waals surface area contributed by atoms with Crippen LogP contribution in [-0.2, 0) is 0 Å². The van der Waals surface area contributed by atoms with Gasteiger partial charge >= 0.3 is 0 Å². The van der Waals surface area contributed by atoms with E-state index >= 15 is 0 Å². The number of aromatic nitrogens is 2. The SMILES string of the molecule is CNCC1CCN(c2cncc(OC(C)C)n2)C1. The molecule has 0 saturated carbocycles. The molecule has 1 saturated heterocycles. The third-order valence-electron chi connectivity index (χ3n) is 3.06. The van der Waals surface area contributed by atoms with Gasteiger partial charge in [-0.1, -0.05) is 0 Å². The van der Waals surface area contributed by atoms with Gasteiger partial charge in [-0.25, -0.2) is 0 Å². The van der Waals surface area contributed by atoms with Crippen LogP contribution in [0.15, 0.2) is 12.4 Å². The normalized spacial score (nSPS) is 19.6. The summed E-state index contributed by atoms with van der Waals surface area (Å²) in [5, 5.41) is 3.23. The minimum absolute atomic E-state index is 0.130. The second-order valence-electron chi connectivity index (χ2n) is 5.04. The first-order valence-corrected chi connectivity index (χ1v) is 6.57. The van der Waals surface area contributed by atoms with E-state index < -0.39 is 0 Å². The van der Waals surface area contributed by atoms with Crippen molar-refractivity contribution in [1.82, 2.24) is 15.3 Å². The molecule has 0 radical (unpaired) electrons. The Morgan fingerprint density at radius 1 is 1.50 bits per heavy atom. The Morgan fingerprint density at radius 3 is 3.06 bits per heavy atom. The molecular weight excluding hydrogens is 228 g/mol. The van der Waals surface area contributed by atoms with Crippen LogP contribution < -0.4 is 15.0 Å². The van der Waals surface area contributed by atoms with Gasteiger partial charge in [0.1, 0.15) is 0 Å². The van der Waals surface area contributed by atoms with Crippen LogP contribution in [0.3, 0.4) is 0 Å². The van der Waals surface area contributed by atoms with Gasteiger partial charge in [-0.15, -0.1) is 0 Å². The number of nitrogens with one attached hydrogen (secondary N) is 1. The third-order valence-corrected chi connectivity index (χ3v) is 3.06. The molecule has 5 heteroatoms. The largest absolute Gasteiger partial charge is 0.474 e. The lowest BCUT2D eigenvalue weighted by molar-refractivity contribution is 0.231. The highest BCUT2D eigenvalue weighted by molar-refractivity contribution is 5.38. The van der Waals surface area contributed by atoms with Crippen molar-refractivity contribution in [2.24, 2.45) is 5.92 Å². The van der Waals surface area contributed by atoms with Gasteiger partial charge in [0.15, 0.2) is 5.82 Å². The van der Waals surface area contributed by atoms with E-state index in [-0.39, 0.29) is 6.10 Å². The van der Waals surface area contributed by atoms with Crippen molar-refractivity contribution in [3.8, 4) is 5.88 Å². The lowest BCUT2D eigenvalue weighted by Gasteiger charge is -2.18. The van der Waals surface area contributed by atoms with E-state index in [1.54, 1.807) is 6.20 Å². The molecule has 2 heterocycles. The maximum atomic E-state index is 5.58. The van der Waals surface area contributed by atoms with Crippen LogP contribution in [0.2, 0.25) is 0 Å². The summed E-state index contributed by atoms with van der Waals surface area (Å²) in [7, 11) is 2.00. The molecule has 18 heavy (non-hydrogen) atoms. The summed E-state index contributed by atoms with van der Waals surface area (Å²) in [5.74, 6) is 2.23. The Hall–Kier alpha value is -1.36. The molecule has 1 aliphatic rings. The molecule has 0 aromatic carbocycles. The Morgan fingerprint density at radius 2 is 2.33 bits per heavy atom. The van der Waals surface area contributed by atoms with E-state index in [0.29, 0.717) is 11.8 Å². The van der Waals surface area contributed by atoms with Crippen molar-refractivity contribution in [2.75, 3.05) is 31.6 Å². The fraction of sp³-hybridized carbons (Fsp3) is 0.692. The smallest absolute Gasteiger partial charge is 0.234 e. The van der Waals surface area contributed by atoms with Crippen LogP contribution in [-0.4, -0.2) is 42.8 Å². The number of ether oxygens (including phenoxy) is 1. The van der Waals surface area contributed by atoms with Gasteiger partial charge in [0, 0.05) is 13.1 Å². The van der Waals surface area contributed by atoms with Crippen molar-refractivity contribution in [3.05, 3.63) is 12.4 Å². The summed E-state index contributed by atoms with van der Waals surface area (Å²) in [6.07, 6.45) is 4.82. The number of hydrogen-bond donors (Lipinski definition) is 1. The predicted octanol–water partition coefficient (Wildman–Crippen LogP) is 1.31. The first kappa shape index (κ1) is 13.1. The lowest BCUT2D eigenvalue weighted by atomic mass is 10.1.